The van der Waals surface area contributed by atoms with Crippen molar-refractivity contribution in [2.24, 2.45) is 5.73 Å². The minimum atomic E-state index is -4.39. The van der Waals surface area contributed by atoms with E-state index >= 15 is 0 Å². The van der Waals surface area contributed by atoms with Crippen LogP contribution in [0.3, 0.4) is 0 Å². The van der Waals surface area contributed by atoms with Gasteiger partial charge in [0.2, 0.25) is 0 Å². The molecule has 0 aliphatic carbocycles. The highest BCUT2D eigenvalue weighted by Gasteiger charge is 2.26. The molecule has 0 fully saturated rings. The molecule has 1 unspecified atom stereocenters. The van der Waals surface area contributed by atoms with Gasteiger partial charge >= 0.3 is 19.8 Å². The number of phosphoric ester groups is 1. The second kappa shape index (κ2) is 45.2. The smallest absolute Gasteiger partial charge is 0.462 e. The zero-order valence-electron chi connectivity index (χ0n) is 37.7. The summed E-state index contributed by atoms with van der Waals surface area (Å²) in [6, 6.07) is 0. The molecule has 0 rings (SSSR count). The Morgan fingerprint density at radius 1 is 0.525 bits per heavy atom. The molecule has 0 radical (unpaired) electrons. The largest absolute Gasteiger partial charge is 0.472 e. The Kier molecular flexibility index (Phi) is 43.5. The van der Waals surface area contributed by atoms with E-state index < -0.39 is 32.5 Å². The van der Waals surface area contributed by atoms with Gasteiger partial charge in [-0.05, 0) is 77.0 Å². The Morgan fingerprint density at radius 2 is 0.932 bits per heavy atom. The van der Waals surface area contributed by atoms with E-state index in [0.29, 0.717) is 12.8 Å². The fourth-order valence-electron chi connectivity index (χ4n) is 6.39. The Morgan fingerprint density at radius 3 is 1.41 bits per heavy atom. The molecular weight excluding hydrogens is 762 g/mol. The predicted octanol–water partition coefficient (Wildman–Crippen LogP) is 14.1. The van der Waals surface area contributed by atoms with Crippen molar-refractivity contribution in [3.05, 3.63) is 60.8 Å². The zero-order valence-corrected chi connectivity index (χ0v) is 38.6. The molecule has 0 bridgehead atoms. The van der Waals surface area contributed by atoms with Crippen LogP contribution < -0.4 is 5.73 Å². The Labute approximate surface area is 361 Å². The maximum Gasteiger partial charge on any atom is 0.472 e. The third-order valence-corrected chi connectivity index (χ3v) is 10.9. The van der Waals surface area contributed by atoms with Crippen LogP contribution in [0.15, 0.2) is 60.8 Å². The van der Waals surface area contributed by atoms with Crippen LogP contribution in [0.4, 0.5) is 0 Å². The van der Waals surface area contributed by atoms with E-state index in [1.165, 1.54) is 96.3 Å². The van der Waals surface area contributed by atoms with E-state index in [9.17, 15) is 19.0 Å². The monoisotopic (exact) mass is 850 g/mol. The predicted molar refractivity (Wildman–Crippen MR) is 247 cm³/mol. The van der Waals surface area contributed by atoms with E-state index in [1.54, 1.807) is 0 Å². The third kappa shape index (κ3) is 45.1. The maximum atomic E-state index is 12.6. The topological polar surface area (TPSA) is 134 Å². The number of rotatable bonds is 44. The number of phosphoric acid groups is 1. The minimum absolute atomic E-state index is 0.0477. The Bertz CT molecular complexity index is 1150. The summed E-state index contributed by atoms with van der Waals surface area (Å²) < 4.78 is 32.8. The van der Waals surface area contributed by atoms with Crippen LogP contribution >= 0.6 is 7.82 Å². The molecule has 0 spiro atoms. The van der Waals surface area contributed by atoms with Crippen molar-refractivity contribution in [2.75, 3.05) is 26.4 Å². The zero-order chi connectivity index (χ0) is 43.2. The first-order valence-corrected chi connectivity index (χ1v) is 25.3. The van der Waals surface area contributed by atoms with Gasteiger partial charge in [0.05, 0.1) is 13.2 Å². The highest BCUT2D eigenvalue weighted by atomic mass is 31.2. The van der Waals surface area contributed by atoms with E-state index in [-0.39, 0.29) is 32.6 Å². The van der Waals surface area contributed by atoms with Crippen LogP contribution in [0.25, 0.3) is 0 Å². The van der Waals surface area contributed by atoms with Crippen molar-refractivity contribution in [3.63, 3.8) is 0 Å². The molecule has 3 N–H and O–H groups in total. The van der Waals surface area contributed by atoms with Gasteiger partial charge in [-0.2, -0.15) is 0 Å². The fraction of sp³-hybridized carbons (Fsp3) is 0.755. The van der Waals surface area contributed by atoms with Crippen LogP contribution in [-0.4, -0.2) is 49.3 Å². The molecule has 9 nitrogen and oxygen atoms in total. The average Bonchev–Trinajstić information content (AvgIpc) is 3.22. The van der Waals surface area contributed by atoms with Crippen molar-refractivity contribution in [2.45, 2.75) is 213 Å². The van der Waals surface area contributed by atoms with Gasteiger partial charge in [0.15, 0.2) is 6.10 Å². The first-order valence-electron chi connectivity index (χ1n) is 23.8. The lowest BCUT2D eigenvalue weighted by Gasteiger charge is -2.19. The van der Waals surface area contributed by atoms with E-state index in [1.807, 2.05) is 0 Å². The quantitative estimate of drug-likeness (QED) is 0.0266. The van der Waals surface area contributed by atoms with Crippen molar-refractivity contribution >= 4 is 19.8 Å². The average molecular weight is 850 g/mol. The van der Waals surface area contributed by atoms with Crippen LogP contribution in [0.5, 0.6) is 0 Å². The standard InChI is InChI=1S/C49H88NO8P/c1-3-5-7-9-11-13-15-17-19-21-22-23-24-26-28-30-32-34-36-38-40-42-49(52)58-47(46-57-59(53,54)56-44-43-50)45-55-48(51)41-39-37-35-33-31-29-27-25-20-18-16-14-12-10-8-6-4-2/h6,8,12,14,17-20,27,29,47H,3-5,7,9-11,13,15-16,21-26,28,30-46,50H2,1-2H3,(H,53,54)/t47-/m1/s1. The number of carbonyl (C=O) groups is 2. The molecule has 0 aromatic rings. The van der Waals surface area contributed by atoms with Crippen molar-refractivity contribution in [3.8, 4) is 0 Å². The molecule has 0 saturated carbocycles. The summed E-state index contributed by atoms with van der Waals surface area (Å²) in [5.74, 6) is -0.856. The molecule has 0 aliphatic rings. The Balaban J connectivity index is 4.12. The molecule has 0 aromatic carbocycles. The summed E-state index contributed by atoms with van der Waals surface area (Å²) in [4.78, 5) is 35.0. The summed E-state index contributed by atoms with van der Waals surface area (Å²) in [7, 11) is -4.39. The normalized spacial score (nSPS) is 13.8. The van der Waals surface area contributed by atoms with Crippen LogP contribution in [0.1, 0.15) is 206 Å². The number of nitrogens with two attached hydrogens (primary N) is 1. The molecule has 2 atom stereocenters. The van der Waals surface area contributed by atoms with E-state index in [2.05, 4.69) is 74.6 Å². The van der Waals surface area contributed by atoms with E-state index in [0.717, 1.165) is 70.6 Å². The summed E-state index contributed by atoms with van der Waals surface area (Å²) in [5, 5.41) is 0. The second-order valence-electron chi connectivity index (χ2n) is 15.6. The van der Waals surface area contributed by atoms with Gasteiger partial charge in [0, 0.05) is 19.4 Å². The highest BCUT2D eigenvalue weighted by molar-refractivity contribution is 7.47. The van der Waals surface area contributed by atoms with Crippen molar-refractivity contribution < 1.29 is 37.6 Å². The Hall–Kier alpha value is -2.29. The minimum Gasteiger partial charge on any atom is -0.462 e. The third-order valence-electron chi connectivity index (χ3n) is 9.89. The summed E-state index contributed by atoms with van der Waals surface area (Å²) in [6.07, 6.45) is 54.0. The maximum absolute atomic E-state index is 12.6. The lowest BCUT2D eigenvalue weighted by molar-refractivity contribution is -0.161. The lowest BCUT2D eigenvalue weighted by Crippen LogP contribution is -2.29. The number of unbranched alkanes of at least 4 members (excludes halogenated alkanes) is 21. The van der Waals surface area contributed by atoms with Crippen LogP contribution in [0, 0.1) is 0 Å². The molecule has 0 heterocycles. The number of allylic oxidation sites excluding steroid dienone is 10. The van der Waals surface area contributed by atoms with Crippen LogP contribution in [-0.2, 0) is 32.7 Å². The molecular formula is C49H88NO8P. The fourth-order valence-corrected chi connectivity index (χ4v) is 7.15. The molecule has 0 amide bonds. The van der Waals surface area contributed by atoms with E-state index in [4.69, 9.17) is 24.3 Å². The summed E-state index contributed by atoms with van der Waals surface area (Å²) in [5.41, 5.74) is 5.36. The number of esters is 2. The number of carbonyl (C=O) groups excluding carboxylic acids is 2. The van der Waals surface area contributed by atoms with Gasteiger partial charge in [0.25, 0.3) is 0 Å². The van der Waals surface area contributed by atoms with Gasteiger partial charge in [-0.1, -0.05) is 177 Å². The molecule has 10 heteroatoms. The summed E-state index contributed by atoms with van der Waals surface area (Å²) in [6.45, 7) is 3.60. The molecule has 0 saturated heterocycles. The second-order valence-corrected chi connectivity index (χ2v) is 17.0. The van der Waals surface area contributed by atoms with Crippen LogP contribution in [0.2, 0.25) is 0 Å². The molecule has 0 aromatic heterocycles. The molecule has 342 valence electrons. The van der Waals surface area contributed by atoms with Gasteiger partial charge in [0.1, 0.15) is 6.61 Å². The molecule has 59 heavy (non-hydrogen) atoms. The van der Waals surface area contributed by atoms with Gasteiger partial charge < -0.3 is 20.1 Å². The SMILES string of the molecule is CCC=CCC=CCC=CCC=CCCCCCCC(=O)OC[C@H](COP(=O)(O)OCCN)OC(=O)CCCCCCCCCCCCCC=CCCCCCCCC. The number of hydrogen-bond donors (Lipinski definition) is 2. The summed E-state index contributed by atoms with van der Waals surface area (Å²) >= 11 is 0. The van der Waals surface area contributed by atoms with Crippen molar-refractivity contribution in [1.29, 1.82) is 0 Å². The van der Waals surface area contributed by atoms with Gasteiger partial charge in [-0.25, -0.2) is 4.57 Å². The first kappa shape index (κ1) is 56.7. The van der Waals surface area contributed by atoms with Gasteiger partial charge in [-0.3, -0.25) is 18.6 Å². The molecule has 0 aliphatic heterocycles. The van der Waals surface area contributed by atoms with Crippen molar-refractivity contribution in [1.82, 2.24) is 0 Å². The number of ether oxygens (including phenoxy) is 2. The van der Waals surface area contributed by atoms with Gasteiger partial charge in [-0.15, -0.1) is 0 Å². The first-order chi connectivity index (χ1) is 28.8. The highest BCUT2D eigenvalue weighted by Crippen LogP contribution is 2.43. The lowest BCUT2D eigenvalue weighted by atomic mass is 10.0. The number of hydrogen-bond acceptors (Lipinski definition) is 8.